The van der Waals surface area contributed by atoms with Crippen molar-refractivity contribution < 1.29 is 12.8 Å². The maximum Gasteiger partial charge on any atom is 0.246 e. The van der Waals surface area contributed by atoms with Gasteiger partial charge in [-0.1, -0.05) is 11.6 Å². The molecule has 116 valence electrons. The molecule has 0 saturated carbocycles. The molecule has 2 aliphatic rings. The summed E-state index contributed by atoms with van der Waals surface area (Å²) < 4.78 is 41.1. The third kappa shape index (κ3) is 2.74. The van der Waals surface area contributed by atoms with E-state index in [-0.39, 0.29) is 26.5 Å². The summed E-state index contributed by atoms with van der Waals surface area (Å²) in [5, 5.41) is 3.17. The molecule has 2 fully saturated rings. The highest BCUT2D eigenvalue weighted by molar-refractivity contribution is 9.10. The first kappa shape index (κ1) is 15.7. The van der Waals surface area contributed by atoms with Crippen LogP contribution < -0.4 is 5.32 Å². The Morgan fingerprint density at radius 3 is 2.71 bits per heavy atom. The maximum atomic E-state index is 13.3. The zero-order valence-electron chi connectivity index (χ0n) is 11.2. The van der Waals surface area contributed by atoms with Crippen molar-refractivity contribution in [3.63, 3.8) is 0 Å². The summed E-state index contributed by atoms with van der Waals surface area (Å²) in [6, 6.07) is 2.10. The molecule has 2 bridgehead atoms. The summed E-state index contributed by atoms with van der Waals surface area (Å²) in [6.45, 7) is 1.46. The smallest absolute Gasteiger partial charge is 0.246 e. The Balaban J connectivity index is 2.09. The molecule has 8 heteroatoms. The molecule has 0 radical (unpaired) electrons. The highest BCUT2D eigenvalue weighted by Gasteiger charge is 2.44. The third-order valence-corrected chi connectivity index (χ3v) is 7.49. The van der Waals surface area contributed by atoms with Crippen LogP contribution in [-0.2, 0) is 10.0 Å². The maximum absolute atomic E-state index is 13.3. The van der Waals surface area contributed by atoms with Crippen LogP contribution in [0.2, 0.25) is 5.02 Å². The Hall–Kier alpha value is -0.210. The van der Waals surface area contributed by atoms with Crippen molar-refractivity contribution in [3.05, 3.63) is 27.4 Å². The van der Waals surface area contributed by atoms with Gasteiger partial charge in [0, 0.05) is 23.1 Å². The van der Waals surface area contributed by atoms with E-state index in [0.29, 0.717) is 6.54 Å². The average Bonchev–Trinajstić information content (AvgIpc) is 2.61. The summed E-state index contributed by atoms with van der Waals surface area (Å²) in [5.41, 5.74) is 0. The number of fused-ring (bicyclic) bond motifs is 2. The fourth-order valence-electron chi connectivity index (χ4n) is 3.21. The van der Waals surface area contributed by atoms with Crippen LogP contribution in [0.25, 0.3) is 0 Å². The largest absolute Gasteiger partial charge is 0.315 e. The van der Waals surface area contributed by atoms with E-state index in [1.54, 1.807) is 4.31 Å². The number of nitrogens with one attached hydrogen (secondary N) is 1. The van der Waals surface area contributed by atoms with Gasteiger partial charge in [0.15, 0.2) is 0 Å². The SMILES string of the molecule is O=S(=O)(c1c(Cl)cc(F)cc1Br)N1C2CCNCC1CC2. The second-order valence-electron chi connectivity index (χ2n) is 5.41. The lowest BCUT2D eigenvalue weighted by Crippen LogP contribution is -2.42. The molecule has 4 nitrogen and oxygen atoms in total. The van der Waals surface area contributed by atoms with Gasteiger partial charge in [-0.2, -0.15) is 4.31 Å². The van der Waals surface area contributed by atoms with Gasteiger partial charge in [0.25, 0.3) is 0 Å². The van der Waals surface area contributed by atoms with Gasteiger partial charge in [-0.3, -0.25) is 0 Å². The van der Waals surface area contributed by atoms with Crippen LogP contribution in [0.5, 0.6) is 0 Å². The van der Waals surface area contributed by atoms with Crippen molar-refractivity contribution in [3.8, 4) is 0 Å². The first-order valence-electron chi connectivity index (χ1n) is 6.80. The van der Waals surface area contributed by atoms with Crippen LogP contribution in [0.15, 0.2) is 21.5 Å². The molecule has 0 spiro atoms. The van der Waals surface area contributed by atoms with E-state index >= 15 is 0 Å². The standard InChI is InChI=1S/C13H15BrClFN2O2S/c14-11-5-8(16)6-12(15)13(11)21(19,20)18-9-1-2-10(18)7-17-4-3-9/h5-6,9-10,17H,1-4,7H2. The second kappa shape index (κ2) is 5.77. The van der Waals surface area contributed by atoms with Crippen molar-refractivity contribution in [1.29, 1.82) is 0 Å². The van der Waals surface area contributed by atoms with Crippen LogP contribution in [0.4, 0.5) is 4.39 Å². The Kier molecular flexibility index (Phi) is 4.31. The van der Waals surface area contributed by atoms with Crippen molar-refractivity contribution in [2.24, 2.45) is 0 Å². The number of nitrogens with zero attached hydrogens (tertiary/aromatic N) is 1. The molecule has 0 aromatic heterocycles. The van der Waals surface area contributed by atoms with Crippen molar-refractivity contribution in [2.45, 2.75) is 36.2 Å². The zero-order valence-corrected chi connectivity index (χ0v) is 14.3. The minimum atomic E-state index is -3.75. The van der Waals surface area contributed by atoms with Gasteiger partial charge < -0.3 is 5.32 Å². The van der Waals surface area contributed by atoms with E-state index in [9.17, 15) is 12.8 Å². The number of sulfonamides is 1. The predicted octanol–water partition coefficient (Wildman–Crippen LogP) is 2.76. The Bertz CT molecular complexity index is 633. The van der Waals surface area contributed by atoms with Crippen LogP contribution in [0, 0.1) is 5.82 Å². The summed E-state index contributed by atoms with van der Waals surface area (Å²) in [4.78, 5) is -0.0376. The van der Waals surface area contributed by atoms with Gasteiger partial charge in [0.05, 0.1) is 5.02 Å². The molecule has 21 heavy (non-hydrogen) atoms. The van der Waals surface area contributed by atoms with E-state index in [4.69, 9.17) is 11.6 Å². The van der Waals surface area contributed by atoms with Gasteiger partial charge in [0.2, 0.25) is 10.0 Å². The topological polar surface area (TPSA) is 49.4 Å². The molecule has 1 N–H and O–H groups in total. The van der Waals surface area contributed by atoms with Crippen molar-refractivity contribution >= 4 is 37.6 Å². The van der Waals surface area contributed by atoms with Crippen LogP contribution in [-0.4, -0.2) is 37.9 Å². The van der Waals surface area contributed by atoms with E-state index in [1.165, 1.54) is 0 Å². The second-order valence-corrected chi connectivity index (χ2v) is 8.45. The summed E-state index contributed by atoms with van der Waals surface area (Å²) in [5.74, 6) is -0.564. The fraction of sp³-hybridized carbons (Fsp3) is 0.538. The molecule has 2 unspecified atom stereocenters. The monoisotopic (exact) mass is 396 g/mol. The molecule has 2 atom stereocenters. The minimum absolute atomic E-state index is 0.0111. The van der Waals surface area contributed by atoms with Crippen molar-refractivity contribution in [1.82, 2.24) is 9.62 Å². The number of rotatable bonds is 2. The lowest BCUT2D eigenvalue weighted by molar-refractivity contribution is 0.334. The lowest BCUT2D eigenvalue weighted by Gasteiger charge is -2.27. The normalized spacial score (nSPS) is 26.8. The molecule has 3 rings (SSSR count). The minimum Gasteiger partial charge on any atom is -0.315 e. The molecule has 1 aromatic carbocycles. The Morgan fingerprint density at radius 2 is 2.00 bits per heavy atom. The number of hydrogen-bond donors (Lipinski definition) is 1. The lowest BCUT2D eigenvalue weighted by atomic mass is 10.1. The molecule has 2 aliphatic heterocycles. The fourth-order valence-corrected chi connectivity index (χ4v) is 6.87. The molecule has 1 aromatic rings. The van der Waals surface area contributed by atoms with Gasteiger partial charge >= 0.3 is 0 Å². The van der Waals surface area contributed by atoms with Gasteiger partial charge in [0.1, 0.15) is 10.7 Å². The highest BCUT2D eigenvalue weighted by Crippen LogP contribution is 2.39. The molecule has 2 heterocycles. The quantitative estimate of drug-likeness (QED) is 0.835. The number of halogens is 3. The van der Waals surface area contributed by atoms with Crippen LogP contribution >= 0.6 is 27.5 Å². The average molecular weight is 398 g/mol. The molecule has 2 saturated heterocycles. The predicted molar refractivity (Wildman–Crippen MR) is 82.4 cm³/mol. The molecular weight excluding hydrogens is 383 g/mol. The zero-order chi connectivity index (χ0) is 15.2. The summed E-state index contributed by atoms with van der Waals surface area (Å²) in [7, 11) is -3.75. The highest BCUT2D eigenvalue weighted by atomic mass is 79.9. The van der Waals surface area contributed by atoms with Crippen LogP contribution in [0.1, 0.15) is 19.3 Å². The van der Waals surface area contributed by atoms with Gasteiger partial charge in [-0.25, -0.2) is 12.8 Å². The first-order chi connectivity index (χ1) is 9.91. The summed E-state index contributed by atoms with van der Waals surface area (Å²) >= 11 is 9.14. The Labute approximate surface area is 136 Å². The first-order valence-corrected chi connectivity index (χ1v) is 9.41. The van der Waals surface area contributed by atoms with E-state index < -0.39 is 15.8 Å². The van der Waals surface area contributed by atoms with Gasteiger partial charge in [-0.15, -0.1) is 0 Å². The summed E-state index contributed by atoms with van der Waals surface area (Å²) in [6.07, 6.45) is 2.49. The molecule has 0 aliphatic carbocycles. The third-order valence-electron chi connectivity index (χ3n) is 4.09. The molecule has 0 amide bonds. The van der Waals surface area contributed by atoms with Crippen LogP contribution in [0.3, 0.4) is 0 Å². The van der Waals surface area contributed by atoms with E-state index in [0.717, 1.165) is 37.9 Å². The van der Waals surface area contributed by atoms with Gasteiger partial charge in [-0.05, 0) is 53.9 Å². The number of benzene rings is 1. The van der Waals surface area contributed by atoms with E-state index in [2.05, 4.69) is 21.2 Å². The molecular formula is C13H15BrClFN2O2S. The Morgan fingerprint density at radius 1 is 1.29 bits per heavy atom. The number of hydrogen-bond acceptors (Lipinski definition) is 3. The van der Waals surface area contributed by atoms with Crippen molar-refractivity contribution in [2.75, 3.05) is 13.1 Å². The van der Waals surface area contributed by atoms with E-state index in [1.807, 2.05) is 0 Å².